The first-order valence-electron chi connectivity index (χ1n) is 11.6. The number of halogens is 1. The van der Waals surface area contributed by atoms with E-state index in [9.17, 15) is 14.6 Å². The molecule has 0 aromatic heterocycles. The van der Waals surface area contributed by atoms with Crippen LogP contribution in [0.4, 0.5) is 4.39 Å². The molecule has 1 heterocycles. The van der Waals surface area contributed by atoms with Crippen molar-refractivity contribution in [2.75, 3.05) is 39.3 Å². The van der Waals surface area contributed by atoms with Gasteiger partial charge in [-0.3, -0.25) is 9.80 Å². The van der Waals surface area contributed by atoms with Crippen molar-refractivity contribution >= 4 is 0 Å². The normalized spacial score (nSPS) is 17.5. The summed E-state index contributed by atoms with van der Waals surface area (Å²) in [5.74, 6) is 0.135. The molecule has 176 valence electrons. The quantitative estimate of drug-likeness (QED) is 0.697. The van der Waals surface area contributed by atoms with Gasteiger partial charge in [0.15, 0.2) is 0 Å². The molecule has 2 N–H and O–H groups in total. The van der Waals surface area contributed by atoms with E-state index in [1.165, 1.54) is 12.1 Å². The Kier molecular flexibility index (Phi) is 7.33. The van der Waals surface area contributed by atoms with Crippen LogP contribution in [0.1, 0.15) is 69.8 Å². The van der Waals surface area contributed by atoms with E-state index in [0.29, 0.717) is 12.3 Å². The number of phenolic OH excluding ortho intramolecular Hbond substituents is 1. The molecule has 0 radical (unpaired) electrons. The first kappa shape index (κ1) is 24.7. The van der Waals surface area contributed by atoms with Crippen molar-refractivity contribution < 1.29 is 14.6 Å². The number of aromatic hydroxyl groups is 1. The Morgan fingerprint density at radius 2 is 1.34 bits per heavy atom. The van der Waals surface area contributed by atoms with Crippen LogP contribution in [0.25, 0.3) is 0 Å². The molecule has 2 aromatic rings. The SMILES string of the molecule is CC(C)(C)c1cc([C@H](c2ccc(F)cc2)N2CCN(CCO)CC2)cc(C(C)(C)C)c1O. The van der Waals surface area contributed by atoms with Crippen LogP contribution in [0.3, 0.4) is 0 Å². The van der Waals surface area contributed by atoms with Gasteiger partial charge < -0.3 is 10.2 Å². The lowest BCUT2D eigenvalue weighted by Crippen LogP contribution is -2.48. The number of aliphatic hydroxyl groups is 1. The highest BCUT2D eigenvalue weighted by atomic mass is 19.1. The van der Waals surface area contributed by atoms with Crippen molar-refractivity contribution in [1.82, 2.24) is 9.80 Å². The van der Waals surface area contributed by atoms with Crippen LogP contribution < -0.4 is 0 Å². The van der Waals surface area contributed by atoms with Crippen LogP contribution in [-0.2, 0) is 10.8 Å². The predicted molar refractivity (Wildman–Crippen MR) is 129 cm³/mol. The Hall–Kier alpha value is -1.95. The van der Waals surface area contributed by atoms with Gasteiger partial charge in [-0.15, -0.1) is 0 Å². The lowest BCUT2D eigenvalue weighted by molar-refractivity contribution is 0.0943. The van der Waals surface area contributed by atoms with Crippen LogP contribution in [0.5, 0.6) is 5.75 Å². The lowest BCUT2D eigenvalue weighted by Gasteiger charge is -2.40. The number of phenols is 1. The number of hydrogen-bond donors (Lipinski definition) is 2. The average molecular weight is 443 g/mol. The van der Waals surface area contributed by atoms with Gasteiger partial charge in [-0.1, -0.05) is 53.7 Å². The highest BCUT2D eigenvalue weighted by molar-refractivity contribution is 5.52. The lowest BCUT2D eigenvalue weighted by atomic mass is 9.77. The van der Waals surface area contributed by atoms with E-state index in [1.807, 2.05) is 12.1 Å². The smallest absolute Gasteiger partial charge is 0.123 e. The van der Waals surface area contributed by atoms with E-state index in [2.05, 4.69) is 63.5 Å². The molecule has 5 heteroatoms. The Labute approximate surface area is 192 Å². The van der Waals surface area contributed by atoms with Crippen LogP contribution >= 0.6 is 0 Å². The molecule has 1 aliphatic heterocycles. The molecule has 4 nitrogen and oxygen atoms in total. The first-order valence-corrected chi connectivity index (χ1v) is 11.6. The van der Waals surface area contributed by atoms with Crippen molar-refractivity contribution in [1.29, 1.82) is 0 Å². The second kappa shape index (κ2) is 9.50. The third kappa shape index (κ3) is 5.51. The zero-order valence-electron chi connectivity index (χ0n) is 20.5. The fourth-order valence-corrected chi connectivity index (χ4v) is 4.60. The molecule has 0 amide bonds. The van der Waals surface area contributed by atoms with Gasteiger partial charge in [-0.2, -0.15) is 0 Å². The maximum absolute atomic E-state index is 13.7. The summed E-state index contributed by atoms with van der Waals surface area (Å²) < 4.78 is 13.7. The zero-order valence-corrected chi connectivity index (χ0v) is 20.5. The van der Waals surface area contributed by atoms with Crippen molar-refractivity contribution in [3.63, 3.8) is 0 Å². The molecule has 3 rings (SSSR count). The summed E-state index contributed by atoms with van der Waals surface area (Å²) in [7, 11) is 0. The van der Waals surface area contributed by atoms with E-state index in [0.717, 1.165) is 48.4 Å². The Balaban J connectivity index is 2.13. The van der Waals surface area contributed by atoms with Crippen LogP contribution in [0.2, 0.25) is 0 Å². The third-order valence-corrected chi connectivity index (χ3v) is 6.44. The number of nitrogens with zero attached hydrogens (tertiary/aromatic N) is 2. The summed E-state index contributed by atoms with van der Waals surface area (Å²) in [5.41, 5.74) is 3.62. The highest BCUT2D eigenvalue weighted by Crippen LogP contribution is 2.43. The van der Waals surface area contributed by atoms with Crippen molar-refractivity contribution in [3.8, 4) is 5.75 Å². The number of β-amino-alcohol motifs (C(OH)–C–C–N with tert-alkyl or cyclic N) is 1. The summed E-state index contributed by atoms with van der Waals surface area (Å²) in [5, 5.41) is 20.5. The molecule has 2 aromatic carbocycles. The molecule has 1 aliphatic rings. The van der Waals surface area contributed by atoms with Gasteiger partial charge in [0.25, 0.3) is 0 Å². The Morgan fingerprint density at radius 1 is 0.844 bits per heavy atom. The monoisotopic (exact) mass is 442 g/mol. The topological polar surface area (TPSA) is 46.9 Å². The van der Waals surface area contributed by atoms with Crippen molar-refractivity contribution in [3.05, 3.63) is 64.5 Å². The fraction of sp³-hybridized carbons (Fsp3) is 0.556. The number of rotatable bonds is 5. The summed E-state index contributed by atoms with van der Waals surface area (Å²) in [6.07, 6.45) is 0. The second-order valence-corrected chi connectivity index (χ2v) is 11.0. The third-order valence-electron chi connectivity index (χ3n) is 6.44. The molecule has 0 spiro atoms. The maximum atomic E-state index is 13.7. The van der Waals surface area contributed by atoms with Gasteiger partial charge in [0.1, 0.15) is 11.6 Å². The minimum Gasteiger partial charge on any atom is -0.507 e. The van der Waals surface area contributed by atoms with Crippen molar-refractivity contribution in [2.45, 2.75) is 58.4 Å². The van der Waals surface area contributed by atoms with Crippen LogP contribution in [-0.4, -0.2) is 59.3 Å². The standard InChI is InChI=1S/C27H39FN2O2/c1-26(2,3)22-17-20(18-23(25(22)32)27(4,5)6)24(19-7-9-21(28)10-8-19)30-13-11-29(12-14-30)15-16-31/h7-10,17-18,24,31-32H,11-16H2,1-6H3/t24-/m0/s1. The molecule has 1 fully saturated rings. The van der Waals surface area contributed by atoms with Crippen molar-refractivity contribution in [2.24, 2.45) is 0 Å². The summed E-state index contributed by atoms with van der Waals surface area (Å²) in [4.78, 5) is 4.71. The van der Waals surface area contributed by atoms with E-state index in [-0.39, 0.29) is 29.3 Å². The predicted octanol–water partition coefficient (Wildman–Crippen LogP) is 4.83. The largest absolute Gasteiger partial charge is 0.507 e. The van der Waals surface area contributed by atoms with Gasteiger partial charge in [-0.25, -0.2) is 4.39 Å². The molecular formula is C27H39FN2O2. The van der Waals surface area contributed by atoms with Gasteiger partial charge in [0, 0.05) is 32.7 Å². The maximum Gasteiger partial charge on any atom is 0.123 e. The molecule has 1 atom stereocenters. The second-order valence-electron chi connectivity index (χ2n) is 11.0. The number of benzene rings is 2. The van der Waals surface area contributed by atoms with Gasteiger partial charge in [0.2, 0.25) is 0 Å². The van der Waals surface area contributed by atoms with E-state index >= 15 is 0 Å². The summed E-state index contributed by atoms with van der Waals surface area (Å²) >= 11 is 0. The molecule has 1 saturated heterocycles. The van der Waals surface area contributed by atoms with Crippen LogP contribution in [0.15, 0.2) is 36.4 Å². The average Bonchev–Trinajstić information content (AvgIpc) is 2.70. The minimum absolute atomic E-state index is 0.0327. The summed E-state index contributed by atoms with van der Waals surface area (Å²) in [6.45, 7) is 17.1. The molecule has 32 heavy (non-hydrogen) atoms. The number of aliphatic hydroxyl groups excluding tert-OH is 1. The highest BCUT2D eigenvalue weighted by Gasteiger charge is 2.31. The molecule has 0 bridgehead atoms. The Bertz CT molecular complexity index is 870. The summed E-state index contributed by atoms with van der Waals surface area (Å²) in [6, 6.07) is 11.0. The van der Waals surface area contributed by atoms with Gasteiger partial charge in [-0.05, 0) is 57.3 Å². The van der Waals surface area contributed by atoms with Gasteiger partial charge in [0.05, 0.1) is 12.6 Å². The number of piperazine rings is 1. The molecule has 0 aliphatic carbocycles. The molecule has 0 saturated carbocycles. The fourth-order valence-electron chi connectivity index (χ4n) is 4.60. The van der Waals surface area contributed by atoms with E-state index < -0.39 is 0 Å². The minimum atomic E-state index is -0.239. The molecule has 0 unspecified atom stereocenters. The van der Waals surface area contributed by atoms with Gasteiger partial charge >= 0.3 is 0 Å². The van der Waals surface area contributed by atoms with Crippen LogP contribution in [0, 0.1) is 5.82 Å². The number of hydrogen-bond acceptors (Lipinski definition) is 4. The van der Waals surface area contributed by atoms with E-state index in [4.69, 9.17) is 0 Å². The van der Waals surface area contributed by atoms with E-state index in [1.54, 1.807) is 0 Å². The Morgan fingerprint density at radius 3 is 1.78 bits per heavy atom. The molecular weight excluding hydrogens is 403 g/mol. The zero-order chi connectivity index (χ0) is 23.7. The first-order chi connectivity index (χ1) is 14.9.